The van der Waals surface area contributed by atoms with E-state index in [2.05, 4.69) is 179 Å². The predicted molar refractivity (Wildman–Crippen MR) is 243 cm³/mol. The van der Waals surface area contributed by atoms with E-state index in [1.54, 1.807) is 0 Å². The van der Waals surface area contributed by atoms with Crippen molar-refractivity contribution in [2.45, 2.75) is 110 Å². The first kappa shape index (κ1) is 41.9. The zero-order chi connectivity index (χ0) is 38.8. The molecule has 2 heteroatoms. The minimum absolute atomic E-state index is 0.627. The minimum Gasteiger partial charge on any atom is -0.115 e. The van der Waals surface area contributed by atoms with E-state index >= 15 is 0 Å². The summed E-state index contributed by atoms with van der Waals surface area (Å²) in [5, 5.41) is 0. The Morgan fingerprint density at radius 1 is 0.545 bits per heavy atom. The van der Waals surface area contributed by atoms with Crippen LogP contribution in [0.4, 0.5) is 0 Å². The maximum atomic E-state index is 5.25. The molecule has 0 unspecified atom stereocenters. The summed E-state index contributed by atoms with van der Waals surface area (Å²) in [5.74, 6) is 17.5. The van der Waals surface area contributed by atoms with Crippen LogP contribution in [0.5, 0.6) is 0 Å². The molecule has 0 bridgehead atoms. The molecule has 0 atom stereocenters. The zero-order valence-corrected chi connectivity index (χ0v) is 36.0. The van der Waals surface area contributed by atoms with Gasteiger partial charge >= 0.3 is 0 Å². The summed E-state index contributed by atoms with van der Waals surface area (Å²) in [4.78, 5) is 0. The predicted octanol–water partition coefficient (Wildman–Crippen LogP) is 14.9. The van der Waals surface area contributed by atoms with Gasteiger partial charge in [0.25, 0.3) is 0 Å². The molecule has 2 fully saturated rings. The molecule has 0 amide bonds. The van der Waals surface area contributed by atoms with Gasteiger partial charge in [-0.25, -0.2) is 0 Å². The normalized spacial score (nSPS) is 13.1. The highest BCUT2D eigenvalue weighted by Gasteiger charge is 2.22. The lowest BCUT2D eigenvalue weighted by atomic mass is 9.78. The third kappa shape index (κ3) is 13.5. The van der Waals surface area contributed by atoms with Gasteiger partial charge in [0.1, 0.15) is 0 Å². The monoisotopic (exact) mass is 848 g/mol. The fraction of sp³-hybridized carbons (Fsp3) is 0.321. The first-order chi connectivity index (χ1) is 26.8. The van der Waals surface area contributed by atoms with Crippen LogP contribution in [0.2, 0.25) is 0 Å². The van der Waals surface area contributed by atoms with E-state index < -0.39 is 0 Å². The number of benzene rings is 5. The summed E-state index contributed by atoms with van der Waals surface area (Å²) in [7, 11) is 0. The van der Waals surface area contributed by atoms with Gasteiger partial charge in [0.05, 0.1) is 0 Å². The standard InChI is InChI=1S/C31H30.C12H14.C10H10Br2/c1-3-4-6-25-13-15-27(16-14-25)19-21-30-22-20-28(23-31(30)29-7-5-8-29)18-17-26-11-9-24(2)10-12-26;1-3-5-6-12-9-7-11(4-2)8-10-12;11-8-4-5-10(12)9(6-8)7-2-1-3-7/h9-16,20,22-23,29H,3-8H2,1-2H3;2,7-10H,3,5-6H2,1H3;4-7H,1-3H2. The van der Waals surface area contributed by atoms with E-state index in [1.807, 2.05) is 12.1 Å². The quantitative estimate of drug-likeness (QED) is 0.136. The van der Waals surface area contributed by atoms with E-state index in [0.29, 0.717) is 5.92 Å². The topological polar surface area (TPSA) is 0 Å². The fourth-order valence-electron chi connectivity index (χ4n) is 6.56. The van der Waals surface area contributed by atoms with Gasteiger partial charge < -0.3 is 0 Å². The number of aryl methyl sites for hydroxylation is 3. The molecule has 0 heterocycles. The smallest absolute Gasteiger partial charge is 0.0284 e. The molecular weight excluding hydrogens is 796 g/mol. The second-order valence-electron chi connectivity index (χ2n) is 14.8. The highest BCUT2D eigenvalue weighted by Crippen LogP contribution is 2.41. The lowest BCUT2D eigenvalue weighted by molar-refractivity contribution is 0.418. The Bertz CT molecular complexity index is 2120. The minimum atomic E-state index is 0.627. The van der Waals surface area contributed by atoms with Crippen LogP contribution in [0.1, 0.15) is 146 Å². The number of rotatable bonds is 8. The Kier molecular flexibility index (Phi) is 17.0. The molecule has 7 rings (SSSR count). The van der Waals surface area contributed by atoms with Crippen molar-refractivity contribution in [3.8, 4) is 36.0 Å². The van der Waals surface area contributed by atoms with Gasteiger partial charge in [-0.15, -0.1) is 6.42 Å². The summed E-state index contributed by atoms with van der Waals surface area (Å²) >= 11 is 7.08. The molecule has 2 saturated carbocycles. The molecule has 0 N–H and O–H groups in total. The molecular formula is C53H54Br2. The average molecular weight is 851 g/mol. The van der Waals surface area contributed by atoms with Gasteiger partial charge in [0.15, 0.2) is 0 Å². The maximum Gasteiger partial charge on any atom is 0.0284 e. The average Bonchev–Trinajstić information content (AvgIpc) is 3.17. The van der Waals surface area contributed by atoms with E-state index in [-0.39, 0.29) is 0 Å². The van der Waals surface area contributed by atoms with Crippen LogP contribution in [0, 0.1) is 42.9 Å². The third-order valence-corrected chi connectivity index (χ3v) is 11.8. The Morgan fingerprint density at radius 3 is 1.56 bits per heavy atom. The van der Waals surface area contributed by atoms with Crippen molar-refractivity contribution >= 4 is 31.9 Å². The highest BCUT2D eigenvalue weighted by molar-refractivity contribution is 9.11. The first-order valence-corrected chi connectivity index (χ1v) is 21.8. The first-order valence-electron chi connectivity index (χ1n) is 20.2. The number of terminal acetylenes is 1. The molecule has 0 aromatic heterocycles. The number of hydrogen-bond acceptors (Lipinski definition) is 0. The van der Waals surface area contributed by atoms with E-state index in [1.165, 1.54) is 107 Å². The van der Waals surface area contributed by atoms with Gasteiger partial charge in [-0.3, -0.25) is 0 Å². The molecule has 2 aliphatic carbocycles. The van der Waals surface area contributed by atoms with E-state index in [9.17, 15) is 0 Å². The molecule has 2 aliphatic rings. The van der Waals surface area contributed by atoms with Crippen LogP contribution in [-0.2, 0) is 12.8 Å². The number of hydrogen-bond donors (Lipinski definition) is 0. The Balaban J connectivity index is 0.000000196. The van der Waals surface area contributed by atoms with Crippen molar-refractivity contribution in [3.63, 3.8) is 0 Å². The van der Waals surface area contributed by atoms with Crippen LogP contribution in [0.3, 0.4) is 0 Å². The highest BCUT2D eigenvalue weighted by atomic mass is 79.9. The molecule has 0 aliphatic heterocycles. The second kappa shape index (κ2) is 22.3. The molecule has 55 heavy (non-hydrogen) atoms. The summed E-state index contributed by atoms with van der Waals surface area (Å²) in [6.07, 6.45) is 20.5. The van der Waals surface area contributed by atoms with Crippen molar-refractivity contribution in [3.05, 3.63) is 174 Å². The zero-order valence-electron chi connectivity index (χ0n) is 32.9. The van der Waals surface area contributed by atoms with Crippen molar-refractivity contribution in [1.82, 2.24) is 0 Å². The molecule has 0 radical (unpaired) electrons. The molecule has 5 aromatic rings. The summed E-state index contributed by atoms with van der Waals surface area (Å²) in [6, 6.07) is 38.4. The Hall–Kier alpha value is -4.26. The Labute approximate surface area is 349 Å². The lowest BCUT2D eigenvalue weighted by Crippen LogP contribution is -2.10. The maximum absolute atomic E-state index is 5.25. The van der Waals surface area contributed by atoms with Gasteiger partial charge in [-0.1, -0.05) is 143 Å². The van der Waals surface area contributed by atoms with Gasteiger partial charge in [0.2, 0.25) is 0 Å². The lowest BCUT2D eigenvalue weighted by Gasteiger charge is -2.27. The fourth-order valence-corrected chi connectivity index (χ4v) is 7.51. The van der Waals surface area contributed by atoms with Crippen molar-refractivity contribution in [2.75, 3.05) is 0 Å². The molecule has 0 spiro atoms. The van der Waals surface area contributed by atoms with Crippen LogP contribution in [0.15, 0.2) is 118 Å². The molecule has 5 aromatic carbocycles. The van der Waals surface area contributed by atoms with Crippen molar-refractivity contribution < 1.29 is 0 Å². The van der Waals surface area contributed by atoms with Crippen LogP contribution < -0.4 is 0 Å². The van der Waals surface area contributed by atoms with Gasteiger partial charge in [0, 0.05) is 36.8 Å². The molecule has 280 valence electrons. The number of unbranched alkanes of at least 4 members (excludes halogenated alkanes) is 2. The second-order valence-corrected chi connectivity index (χ2v) is 16.6. The Morgan fingerprint density at radius 2 is 1.04 bits per heavy atom. The van der Waals surface area contributed by atoms with Crippen LogP contribution >= 0.6 is 31.9 Å². The summed E-state index contributed by atoms with van der Waals surface area (Å²) in [6.45, 7) is 6.54. The largest absolute Gasteiger partial charge is 0.115 e. The van der Waals surface area contributed by atoms with Gasteiger partial charge in [-0.05, 0) is 165 Å². The number of halogens is 2. The SMILES string of the molecule is Brc1ccc(Br)c(C2CCC2)c1.C#Cc1ccc(CCCC)cc1.CCCCc1ccc(C#Cc2ccc(C#Cc3ccc(C)cc3)cc2C2CCC2)cc1. The molecule has 0 nitrogen and oxygen atoms in total. The summed E-state index contributed by atoms with van der Waals surface area (Å²) in [5.41, 5.74) is 12.2. The molecule has 0 saturated heterocycles. The van der Waals surface area contributed by atoms with E-state index in [0.717, 1.165) is 40.2 Å². The van der Waals surface area contributed by atoms with Crippen molar-refractivity contribution in [2.24, 2.45) is 0 Å². The third-order valence-electron chi connectivity index (χ3n) is 10.6. The van der Waals surface area contributed by atoms with Crippen LogP contribution in [-0.4, -0.2) is 0 Å². The van der Waals surface area contributed by atoms with Crippen LogP contribution in [0.25, 0.3) is 0 Å². The summed E-state index contributed by atoms with van der Waals surface area (Å²) < 4.78 is 2.45. The van der Waals surface area contributed by atoms with Crippen molar-refractivity contribution in [1.29, 1.82) is 0 Å². The van der Waals surface area contributed by atoms with Gasteiger partial charge in [-0.2, -0.15) is 0 Å². The van der Waals surface area contributed by atoms with E-state index in [4.69, 9.17) is 6.42 Å².